The summed E-state index contributed by atoms with van der Waals surface area (Å²) in [6, 6.07) is 25.1. The molecule has 0 saturated carbocycles. The molecule has 3 rings (SSSR count). The first-order chi connectivity index (χ1) is 19.6. The van der Waals surface area contributed by atoms with Crippen LogP contribution in [0.25, 0.3) is 0 Å². The molecule has 0 spiro atoms. The second-order valence-corrected chi connectivity index (χ2v) is 12.1. The zero-order valence-corrected chi connectivity index (χ0v) is 25.1. The summed E-state index contributed by atoms with van der Waals surface area (Å²) in [5, 5.41) is 3.06. The molecule has 41 heavy (non-hydrogen) atoms. The van der Waals surface area contributed by atoms with Crippen molar-refractivity contribution in [2.75, 3.05) is 24.2 Å². The minimum atomic E-state index is -3.55. The number of carbonyl (C=O) groups excluding carboxylic acids is 2. The Labute approximate surface area is 244 Å². The summed E-state index contributed by atoms with van der Waals surface area (Å²) in [4.78, 5) is 29.2. The van der Waals surface area contributed by atoms with E-state index in [1.807, 2.05) is 74.5 Å². The molecule has 2 amide bonds. The largest absolute Gasteiger partial charge is 0.497 e. The van der Waals surface area contributed by atoms with Crippen LogP contribution in [0.4, 0.5) is 5.69 Å². The molecule has 0 aliphatic heterocycles. The van der Waals surface area contributed by atoms with Gasteiger partial charge in [-0.25, -0.2) is 8.42 Å². The number of nitrogens with one attached hydrogen (secondary N) is 1. The molecule has 0 unspecified atom stereocenters. The van der Waals surface area contributed by atoms with E-state index in [1.165, 1.54) is 4.31 Å². The monoisotopic (exact) mass is 579 g/mol. The number of benzene rings is 3. The zero-order chi connectivity index (χ0) is 29.8. The van der Waals surface area contributed by atoms with E-state index < -0.39 is 16.1 Å². The van der Waals surface area contributed by atoms with Gasteiger partial charge in [0, 0.05) is 32.0 Å². The lowest BCUT2D eigenvalue weighted by Gasteiger charge is -2.33. The standard InChI is InChI=1S/C32H41N3O5S/c1-5-25(2)33-32(37)30(23-26-14-8-6-9-15-26)34(24-27-16-12-19-29(22-27)40-3)31(36)20-13-21-35(41(4,38)39)28-17-10-7-11-18-28/h6-12,14-19,22,25,30H,5,13,20-21,23-24H2,1-4H3,(H,33,37)/t25-,30-/m1/s1. The van der Waals surface area contributed by atoms with Gasteiger partial charge in [-0.3, -0.25) is 13.9 Å². The Hall–Kier alpha value is -3.85. The highest BCUT2D eigenvalue weighted by atomic mass is 32.2. The quantitative estimate of drug-likeness (QED) is 0.279. The molecule has 9 heteroatoms. The van der Waals surface area contributed by atoms with Crippen LogP contribution < -0.4 is 14.4 Å². The Morgan fingerprint density at radius 3 is 2.17 bits per heavy atom. The van der Waals surface area contributed by atoms with Gasteiger partial charge in [-0.1, -0.05) is 67.6 Å². The lowest BCUT2D eigenvalue weighted by atomic mass is 10.0. The van der Waals surface area contributed by atoms with Crippen LogP contribution in [0.3, 0.4) is 0 Å². The Balaban J connectivity index is 1.90. The molecular formula is C32H41N3O5S. The van der Waals surface area contributed by atoms with Crippen molar-refractivity contribution in [3.05, 3.63) is 96.1 Å². The van der Waals surface area contributed by atoms with Crippen LogP contribution in [-0.2, 0) is 32.6 Å². The average molecular weight is 580 g/mol. The third-order valence-corrected chi connectivity index (χ3v) is 8.15. The molecule has 3 aromatic carbocycles. The normalized spacial score (nSPS) is 12.7. The van der Waals surface area contributed by atoms with Gasteiger partial charge >= 0.3 is 0 Å². The Bertz CT molecular complexity index is 1370. The number of ether oxygens (including phenoxy) is 1. The summed E-state index contributed by atoms with van der Waals surface area (Å²) < 4.78 is 31.8. The first-order valence-corrected chi connectivity index (χ1v) is 15.8. The van der Waals surface area contributed by atoms with E-state index >= 15 is 0 Å². The van der Waals surface area contributed by atoms with Crippen LogP contribution in [0, 0.1) is 0 Å². The highest BCUT2D eigenvalue weighted by Gasteiger charge is 2.31. The van der Waals surface area contributed by atoms with E-state index in [0.29, 0.717) is 24.3 Å². The molecule has 220 valence electrons. The highest BCUT2D eigenvalue weighted by Crippen LogP contribution is 2.21. The predicted octanol–water partition coefficient (Wildman–Crippen LogP) is 4.80. The van der Waals surface area contributed by atoms with Crippen molar-refractivity contribution in [2.45, 2.75) is 58.2 Å². The van der Waals surface area contributed by atoms with Crippen LogP contribution in [0.2, 0.25) is 0 Å². The molecule has 0 saturated heterocycles. The summed E-state index contributed by atoms with van der Waals surface area (Å²) in [5.74, 6) is 0.210. The van der Waals surface area contributed by atoms with Gasteiger partial charge < -0.3 is 15.0 Å². The average Bonchev–Trinajstić information content (AvgIpc) is 2.97. The SMILES string of the molecule is CC[C@@H](C)NC(=O)[C@@H](Cc1ccccc1)N(Cc1cccc(OC)c1)C(=O)CCCN(c1ccccc1)S(C)(=O)=O. The number of anilines is 1. The zero-order valence-electron chi connectivity index (χ0n) is 24.3. The molecule has 0 heterocycles. The molecule has 0 fully saturated rings. The Morgan fingerprint density at radius 2 is 1.56 bits per heavy atom. The van der Waals surface area contributed by atoms with Crippen molar-refractivity contribution >= 4 is 27.5 Å². The number of sulfonamides is 1. The number of nitrogens with zero attached hydrogens (tertiary/aromatic N) is 2. The van der Waals surface area contributed by atoms with Crippen LogP contribution in [0.1, 0.15) is 44.2 Å². The summed E-state index contributed by atoms with van der Waals surface area (Å²) in [7, 11) is -1.97. The maximum Gasteiger partial charge on any atom is 0.243 e. The van der Waals surface area contributed by atoms with E-state index in [9.17, 15) is 18.0 Å². The molecule has 1 N–H and O–H groups in total. The van der Waals surface area contributed by atoms with Gasteiger partial charge in [0.2, 0.25) is 21.8 Å². The van der Waals surface area contributed by atoms with Crippen molar-refractivity contribution < 1.29 is 22.7 Å². The Morgan fingerprint density at radius 1 is 0.927 bits per heavy atom. The number of methoxy groups -OCH3 is 1. The number of carbonyl (C=O) groups is 2. The number of rotatable bonds is 15. The number of amides is 2. The van der Waals surface area contributed by atoms with Crippen molar-refractivity contribution in [1.29, 1.82) is 0 Å². The summed E-state index contributed by atoms with van der Waals surface area (Å²) >= 11 is 0. The third kappa shape index (κ3) is 9.63. The van der Waals surface area contributed by atoms with E-state index in [1.54, 1.807) is 36.3 Å². The summed E-state index contributed by atoms with van der Waals surface area (Å²) in [6.07, 6.45) is 2.63. The molecule has 0 aliphatic rings. The van der Waals surface area contributed by atoms with Gasteiger partial charge in [-0.2, -0.15) is 0 Å². The van der Waals surface area contributed by atoms with E-state index in [4.69, 9.17) is 4.74 Å². The first kappa shape index (κ1) is 31.7. The third-order valence-electron chi connectivity index (χ3n) is 6.96. The van der Waals surface area contributed by atoms with Gasteiger partial charge in [0.05, 0.1) is 19.1 Å². The molecule has 2 atom stereocenters. The van der Waals surface area contributed by atoms with Crippen molar-refractivity contribution in [3.8, 4) is 5.75 Å². The first-order valence-electron chi connectivity index (χ1n) is 13.9. The van der Waals surface area contributed by atoms with Gasteiger partial charge in [-0.05, 0) is 55.2 Å². The predicted molar refractivity (Wildman–Crippen MR) is 163 cm³/mol. The molecule has 3 aromatic rings. The lowest BCUT2D eigenvalue weighted by molar-refractivity contribution is -0.141. The summed E-state index contributed by atoms with van der Waals surface area (Å²) in [5.41, 5.74) is 2.31. The second kappa shape index (κ2) is 15.2. The summed E-state index contributed by atoms with van der Waals surface area (Å²) in [6.45, 7) is 4.28. The van der Waals surface area contributed by atoms with Gasteiger partial charge in [0.25, 0.3) is 0 Å². The fraction of sp³-hybridized carbons (Fsp3) is 0.375. The highest BCUT2D eigenvalue weighted by molar-refractivity contribution is 7.92. The van der Waals surface area contributed by atoms with Crippen LogP contribution in [0.5, 0.6) is 5.75 Å². The van der Waals surface area contributed by atoms with E-state index in [-0.39, 0.29) is 37.4 Å². The van der Waals surface area contributed by atoms with Crippen LogP contribution >= 0.6 is 0 Å². The fourth-order valence-electron chi connectivity index (χ4n) is 4.56. The van der Waals surface area contributed by atoms with Crippen molar-refractivity contribution in [3.63, 3.8) is 0 Å². The molecule has 8 nitrogen and oxygen atoms in total. The van der Waals surface area contributed by atoms with E-state index in [2.05, 4.69) is 5.32 Å². The topological polar surface area (TPSA) is 96.0 Å². The molecule has 0 aromatic heterocycles. The lowest BCUT2D eigenvalue weighted by Crippen LogP contribution is -2.52. The minimum Gasteiger partial charge on any atom is -0.497 e. The van der Waals surface area contributed by atoms with Crippen molar-refractivity contribution in [2.24, 2.45) is 0 Å². The van der Waals surface area contributed by atoms with Gasteiger partial charge in [0.1, 0.15) is 11.8 Å². The minimum absolute atomic E-state index is 0.0521. The van der Waals surface area contributed by atoms with Crippen LogP contribution in [0.15, 0.2) is 84.9 Å². The van der Waals surface area contributed by atoms with Crippen molar-refractivity contribution in [1.82, 2.24) is 10.2 Å². The molecule has 0 bridgehead atoms. The maximum atomic E-state index is 13.9. The van der Waals surface area contributed by atoms with Crippen LogP contribution in [-0.4, -0.2) is 57.1 Å². The number of para-hydroxylation sites is 1. The smallest absolute Gasteiger partial charge is 0.243 e. The Kier molecular flexibility index (Phi) is 11.8. The molecular weight excluding hydrogens is 538 g/mol. The van der Waals surface area contributed by atoms with Gasteiger partial charge in [-0.15, -0.1) is 0 Å². The number of hydrogen-bond acceptors (Lipinski definition) is 5. The second-order valence-electron chi connectivity index (χ2n) is 10.2. The molecule has 0 aliphatic carbocycles. The fourth-order valence-corrected chi connectivity index (χ4v) is 5.53. The van der Waals surface area contributed by atoms with Gasteiger partial charge in [0.15, 0.2) is 0 Å². The molecule has 0 radical (unpaired) electrons. The maximum absolute atomic E-state index is 13.9. The van der Waals surface area contributed by atoms with E-state index in [0.717, 1.165) is 23.8 Å². The number of hydrogen-bond donors (Lipinski definition) is 1.